The molecule has 0 aliphatic rings. The van der Waals surface area contributed by atoms with Crippen LogP contribution in [0.15, 0.2) is 18.2 Å². The Morgan fingerprint density at radius 1 is 1.00 bits per heavy atom. The minimum atomic E-state index is -5.06. The molecule has 2 atom stereocenters. The monoisotopic (exact) mass is 432 g/mol. The van der Waals surface area contributed by atoms with Crippen molar-refractivity contribution in [2.75, 3.05) is 13.2 Å². The quantitative estimate of drug-likeness (QED) is 0.416. The third kappa shape index (κ3) is 9.53. The van der Waals surface area contributed by atoms with E-state index in [1.807, 2.05) is 0 Å². The van der Waals surface area contributed by atoms with Crippen LogP contribution in [0, 0.1) is 0 Å². The van der Waals surface area contributed by atoms with Gasteiger partial charge in [-0.25, -0.2) is 0 Å². The summed E-state index contributed by atoms with van der Waals surface area (Å²) in [6, 6.07) is 0.673. The average molecular weight is 432 g/mol. The molecule has 0 aliphatic heterocycles. The van der Waals surface area contributed by atoms with E-state index in [1.165, 1.54) is 0 Å². The number of carbonyl (C=O) groups excluding carboxylic acids is 2. The van der Waals surface area contributed by atoms with Crippen LogP contribution in [0.1, 0.15) is 47.0 Å². The molecule has 5 nitrogen and oxygen atoms in total. The first-order valence-corrected chi connectivity index (χ1v) is 8.22. The van der Waals surface area contributed by atoms with Crippen LogP contribution in [-0.2, 0) is 31.4 Å². The molecule has 0 bridgehead atoms. The summed E-state index contributed by atoms with van der Waals surface area (Å²) in [4.78, 5) is 22.1. The molecule has 0 unspecified atom stereocenters. The number of hydrogen-bond donors (Lipinski definition) is 0. The van der Waals surface area contributed by atoms with E-state index in [1.54, 1.807) is 0 Å². The number of hydrogen-bond acceptors (Lipinski definition) is 5. The van der Waals surface area contributed by atoms with E-state index in [4.69, 9.17) is 12.2 Å². The molecule has 0 fully saturated rings. The Morgan fingerprint density at radius 2 is 1.55 bits per heavy atom. The van der Waals surface area contributed by atoms with Gasteiger partial charge >= 0.3 is 24.3 Å². The highest BCUT2D eigenvalue weighted by Gasteiger charge is 2.37. The second kappa shape index (κ2) is 10.4. The van der Waals surface area contributed by atoms with Crippen molar-refractivity contribution < 1.29 is 52.9 Å². The van der Waals surface area contributed by atoms with Gasteiger partial charge < -0.3 is 14.2 Å². The first kappa shape index (κ1) is 21.3. The van der Waals surface area contributed by atoms with Crippen molar-refractivity contribution >= 4 is 11.9 Å². The lowest BCUT2D eigenvalue weighted by Gasteiger charge is -2.18. The van der Waals surface area contributed by atoms with Crippen LogP contribution in [0.3, 0.4) is 0 Å². The highest BCUT2D eigenvalue weighted by Crippen LogP contribution is 2.38. The Balaban J connectivity index is 2.97. The molecule has 0 aromatic heterocycles. The summed E-state index contributed by atoms with van der Waals surface area (Å²) < 4.78 is 108. The van der Waals surface area contributed by atoms with E-state index in [0.717, 1.165) is 13.8 Å². The van der Waals surface area contributed by atoms with Crippen molar-refractivity contribution in [3.8, 4) is 5.75 Å². The third-order valence-corrected chi connectivity index (χ3v) is 3.25. The Hall–Kier alpha value is -2.46. The number of ether oxygens (including phenoxy) is 3. The van der Waals surface area contributed by atoms with Gasteiger partial charge in [-0.15, -0.1) is 0 Å². The fraction of sp³-hybridized carbons (Fsp3) is 0.556. The van der Waals surface area contributed by atoms with Gasteiger partial charge in [0, 0.05) is 21.6 Å². The third-order valence-electron chi connectivity index (χ3n) is 3.25. The van der Waals surface area contributed by atoms with Gasteiger partial charge in [-0.1, -0.05) is 0 Å². The SMILES string of the molecule is [2H][C@H](CCOC(C)=O)[C@]([2H])(CCOc1cc(C(F)(F)F)cc(C(F)(F)F)c1)OC(C)=O. The predicted molar refractivity (Wildman–Crippen MR) is 88.0 cm³/mol. The second-order valence-corrected chi connectivity index (χ2v) is 5.73. The van der Waals surface area contributed by atoms with Gasteiger partial charge in [0.2, 0.25) is 0 Å². The van der Waals surface area contributed by atoms with E-state index < -0.39 is 66.7 Å². The molecule has 0 spiro atoms. The number of halogens is 6. The fourth-order valence-electron chi connectivity index (χ4n) is 2.08. The van der Waals surface area contributed by atoms with Gasteiger partial charge in [0.15, 0.2) is 0 Å². The molecule has 0 radical (unpaired) electrons. The van der Waals surface area contributed by atoms with E-state index in [0.29, 0.717) is 12.1 Å². The number of alkyl halides is 6. The number of esters is 2. The predicted octanol–water partition coefficient (Wildman–Crippen LogP) is 4.77. The lowest BCUT2D eigenvalue weighted by atomic mass is 10.1. The van der Waals surface area contributed by atoms with Crippen LogP contribution >= 0.6 is 0 Å². The van der Waals surface area contributed by atoms with E-state index in [9.17, 15) is 35.9 Å². The van der Waals surface area contributed by atoms with Gasteiger partial charge in [0.05, 0.1) is 25.7 Å². The number of rotatable bonds is 9. The fourth-order valence-corrected chi connectivity index (χ4v) is 2.08. The Morgan fingerprint density at radius 3 is 2.00 bits per heavy atom. The van der Waals surface area contributed by atoms with Crippen molar-refractivity contribution in [2.24, 2.45) is 0 Å². The molecule has 29 heavy (non-hydrogen) atoms. The van der Waals surface area contributed by atoms with Crippen molar-refractivity contribution in [1.29, 1.82) is 0 Å². The first-order chi connectivity index (χ1) is 14.0. The molecule has 11 heteroatoms. The number of carbonyl (C=O) groups is 2. The summed E-state index contributed by atoms with van der Waals surface area (Å²) in [5.41, 5.74) is -3.15. The van der Waals surface area contributed by atoms with Crippen LogP contribution in [0.2, 0.25) is 0 Å². The molecule has 0 amide bonds. The Labute approximate surface area is 165 Å². The van der Waals surface area contributed by atoms with Crippen molar-refractivity contribution in [2.45, 2.75) is 51.5 Å². The molecule has 0 saturated heterocycles. The summed E-state index contributed by atoms with van der Waals surface area (Å²) in [7, 11) is 0. The molecule has 1 aromatic carbocycles. The normalized spacial score (nSPS) is 16.1. The summed E-state index contributed by atoms with van der Waals surface area (Å²) in [6.07, 6.45) is -14.5. The highest BCUT2D eigenvalue weighted by molar-refractivity contribution is 5.66. The zero-order valence-corrected chi connectivity index (χ0v) is 15.4. The molecule has 0 N–H and O–H groups in total. The van der Waals surface area contributed by atoms with Crippen LogP contribution in [-0.4, -0.2) is 31.2 Å². The van der Waals surface area contributed by atoms with Crippen molar-refractivity contribution in [3.63, 3.8) is 0 Å². The maximum atomic E-state index is 12.9. The van der Waals surface area contributed by atoms with Gasteiger partial charge in [0.25, 0.3) is 0 Å². The average Bonchev–Trinajstić information content (AvgIpc) is 2.59. The van der Waals surface area contributed by atoms with Gasteiger partial charge in [-0.3, -0.25) is 9.59 Å². The topological polar surface area (TPSA) is 61.8 Å². The van der Waals surface area contributed by atoms with Gasteiger partial charge in [-0.05, 0) is 31.0 Å². The molecule has 0 saturated carbocycles. The van der Waals surface area contributed by atoms with E-state index in [-0.39, 0.29) is 19.1 Å². The maximum Gasteiger partial charge on any atom is 0.416 e. The smallest absolute Gasteiger partial charge is 0.416 e. The van der Waals surface area contributed by atoms with Crippen LogP contribution < -0.4 is 4.74 Å². The molecular formula is C18H20F6O5. The minimum Gasteiger partial charge on any atom is -0.493 e. The molecule has 0 heterocycles. The van der Waals surface area contributed by atoms with E-state index >= 15 is 0 Å². The molecular weight excluding hydrogens is 410 g/mol. The van der Waals surface area contributed by atoms with Crippen LogP contribution in [0.5, 0.6) is 5.75 Å². The number of benzene rings is 1. The van der Waals surface area contributed by atoms with Crippen LogP contribution in [0.25, 0.3) is 0 Å². The molecule has 1 aromatic rings. The maximum absolute atomic E-state index is 12.9. The first-order valence-electron chi connectivity index (χ1n) is 9.30. The van der Waals surface area contributed by atoms with Crippen molar-refractivity contribution in [3.05, 3.63) is 29.3 Å². The lowest BCUT2D eigenvalue weighted by Crippen LogP contribution is -2.20. The molecule has 0 aliphatic carbocycles. The minimum absolute atomic E-state index is 0.0602. The van der Waals surface area contributed by atoms with E-state index in [2.05, 4.69) is 4.74 Å². The lowest BCUT2D eigenvalue weighted by molar-refractivity contribution is -0.148. The highest BCUT2D eigenvalue weighted by atomic mass is 19.4. The Kier molecular flexibility index (Phi) is 7.59. The van der Waals surface area contributed by atoms with Gasteiger partial charge in [0.1, 0.15) is 11.8 Å². The summed E-state index contributed by atoms with van der Waals surface area (Å²) in [5.74, 6) is -2.32. The molecule has 164 valence electrons. The standard InChI is InChI=1S/C18H20F6O5/c1-11(25)27-6-3-4-15(29-12(2)26)5-7-28-16-9-13(17(19,20)21)8-14(10-16)18(22,23)24/h8-10,15H,3-7H2,1-2H3/t15-/m1/s1/i4D,15D/t4-,15-. The zero-order chi connectivity index (χ0) is 24.0. The Bertz CT molecular complexity index is 751. The van der Waals surface area contributed by atoms with Crippen LogP contribution in [0.4, 0.5) is 26.3 Å². The van der Waals surface area contributed by atoms with Gasteiger partial charge in [-0.2, -0.15) is 26.3 Å². The largest absolute Gasteiger partial charge is 0.493 e. The summed E-state index contributed by atoms with van der Waals surface area (Å²) in [5, 5.41) is 0. The summed E-state index contributed by atoms with van der Waals surface area (Å²) in [6.45, 7) is 1.20. The second-order valence-electron chi connectivity index (χ2n) is 5.73. The zero-order valence-electron chi connectivity index (χ0n) is 17.4. The van der Waals surface area contributed by atoms with Crippen molar-refractivity contribution in [1.82, 2.24) is 0 Å². The summed E-state index contributed by atoms with van der Waals surface area (Å²) >= 11 is 0. The molecule has 1 rings (SSSR count).